The van der Waals surface area contributed by atoms with Gasteiger partial charge < -0.3 is 0 Å². The maximum atomic E-state index is 4.26. The van der Waals surface area contributed by atoms with Gasteiger partial charge in [-0.05, 0) is 98.7 Å². The maximum absolute atomic E-state index is 4.26. The molecule has 4 aliphatic carbocycles. The van der Waals surface area contributed by atoms with Crippen LogP contribution in [0.2, 0.25) is 0 Å². The first-order valence-electron chi connectivity index (χ1n) is 18.0. The van der Waals surface area contributed by atoms with Gasteiger partial charge in [0, 0.05) is 0 Å². The van der Waals surface area contributed by atoms with Crippen molar-refractivity contribution < 1.29 is 14.4 Å². The van der Waals surface area contributed by atoms with Gasteiger partial charge in [0.15, 0.2) is 0 Å². The summed E-state index contributed by atoms with van der Waals surface area (Å²) < 4.78 is 0. The number of fused-ring (bicyclic) bond motifs is 20. The summed E-state index contributed by atoms with van der Waals surface area (Å²) in [6.45, 7) is 0. The molecule has 0 aromatic heterocycles. The molecule has 9 fully saturated rings. The van der Waals surface area contributed by atoms with Gasteiger partial charge in [-0.3, -0.25) is 42.5 Å². The molecule has 42 heavy (non-hydrogen) atoms. The Hall–Kier alpha value is 0.419. The first kappa shape index (κ1) is 29.8. The van der Waals surface area contributed by atoms with Crippen LogP contribution in [-0.2, 0) is 14.4 Å². The zero-order valence-electron chi connectivity index (χ0n) is 25.3. The third kappa shape index (κ3) is 5.34. The van der Waals surface area contributed by atoms with Gasteiger partial charge in [0.25, 0.3) is 0 Å². The molecule has 8 N–H and O–H groups in total. The standard InChI is InChI=1S/C32H56N8.Cu.S/c1-2-10-18-17(9-1)25-33-26(18)38-28-21-13-5-6-14-22(21)30(35-28)40-32-24-16-8-7-15-23(24)31(36-32)39-29-20-12-4-3-11-19(20)27(34-29)37-25;;/h17-40H,1-16H2;;. The summed E-state index contributed by atoms with van der Waals surface area (Å²) in [7, 11) is 3.65. The van der Waals surface area contributed by atoms with Crippen LogP contribution < -0.4 is 42.5 Å². The Balaban J connectivity index is 0.00000131. The normalized spacial score (nSPS) is 55.0. The zero-order valence-corrected chi connectivity index (χ0v) is 27.0. The second-order valence-corrected chi connectivity index (χ2v) is 15.6. The molecular weight excluding hydrogens is 592 g/mol. The first-order chi connectivity index (χ1) is 20.8. The third-order valence-electron chi connectivity index (χ3n) is 13.8. The van der Waals surface area contributed by atoms with Crippen LogP contribution in [0.25, 0.3) is 0 Å². The number of hydrogen-bond acceptors (Lipinski definition) is 9. The van der Waals surface area contributed by atoms with Gasteiger partial charge >= 0.3 is 24.9 Å². The molecular formula is C32H56CuN8S. The van der Waals surface area contributed by atoms with Crippen LogP contribution in [0, 0.1) is 47.3 Å². The van der Waals surface area contributed by atoms with Gasteiger partial charge in [-0.15, -0.1) is 0 Å². The topological polar surface area (TPSA) is 96.2 Å². The van der Waals surface area contributed by atoms with Crippen LogP contribution in [0.5, 0.6) is 0 Å². The SMILES string of the molecule is C1CCC2C3NC(NC4NC(NC5NC(NC6NC(N3)C3CCCCC63)C3CCCCC53)C3CCCCC43)C2C1.[S]=[Cu]. The van der Waals surface area contributed by atoms with Crippen LogP contribution in [0.4, 0.5) is 0 Å². The summed E-state index contributed by atoms with van der Waals surface area (Å²) in [5.74, 6) is 5.97. The van der Waals surface area contributed by atoms with Gasteiger partial charge in [-0.2, -0.15) is 0 Å². The molecule has 0 amide bonds. The number of hydrogen-bond donors (Lipinski definition) is 8. The fourth-order valence-electron chi connectivity index (χ4n) is 12.0. The fraction of sp³-hybridized carbons (Fsp3) is 1.00. The van der Waals surface area contributed by atoms with E-state index in [0.29, 0.717) is 49.3 Å². The average molecular weight is 648 g/mol. The van der Waals surface area contributed by atoms with Crippen molar-refractivity contribution in [3.8, 4) is 0 Å². The van der Waals surface area contributed by atoms with E-state index in [4.69, 9.17) is 0 Å². The summed E-state index contributed by atoms with van der Waals surface area (Å²) in [4.78, 5) is 0. The Labute approximate surface area is 266 Å². The van der Waals surface area contributed by atoms with E-state index in [0.717, 1.165) is 47.3 Å². The second kappa shape index (κ2) is 12.9. The van der Waals surface area contributed by atoms with Crippen LogP contribution >= 0.6 is 10.6 Å². The Bertz CT molecular complexity index is 738. The van der Waals surface area contributed by atoms with Crippen LogP contribution in [-0.4, -0.2) is 49.3 Å². The van der Waals surface area contributed by atoms with E-state index in [9.17, 15) is 0 Å². The Morgan fingerprint density at radius 1 is 0.262 bits per heavy atom. The predicted octanol–water partition coefficient (Wildman–Crippen LogP) is 3.25. The van der Waals surface area contributed by atoms with Crippen molar-refractivity contribution in [2.45, 2.75) is 152 Å². The van der Waals surface area contributed by atoms with Gasteiger partial charge in [0.05, 0.1) is 49.3 Å². The van der Waals surface area contributed by atoms with Crippen LogP contribution in [0.1, 0.15) is 103 Å². The van der Waals surface area contributed by atoms with E-state index in [2.05, 4.69) is 67.5 Å². The molecule has 5 heterocycles. The van der Waals surface area contributed by atoms with Gasteiger partial charge in [0.2, 0.25) is 0 Å². The molecule has 241 valence electrons. The van der Waals surface area contributed by atoms with Crippen molar-refractivity contribution in [3.63, 3.8) is 0 Å². The molecule has 9 aliphatic rings. The molecule has 8 atom stereocenters. The molecule has 8 bridgehead atoms. The van der Waals surface area contributed by atoms with E-state index in [1.165, 1.54) is 103 Å². The van der Waals surface area contributed by atoms with E-state index < -0.39 is 0 Å². The van der Waals surface area contributed by atoms with Gasteiger partial charge in [-0.1, -0.05) is 51.4 Å². The predicted molar refractivity (Wildman–Crippen MR) is 165 cm³/mol. The minimum absolute atomic E-state index is 0.420. The quantitative estimate of drug-likeness (QED) is 0.189. The first-order valence-corrected chi connectivity index (χ1v) is 19.4. The fourth-order valence-corrected chi connectivity index (χ4v) is 12.0. The monoisotopic (exact) mass is 647 g/mol. The number of rotatable bonds is 0. The van der Waals surface area contributed by atoms with Gasteiger partial charge in [-0.25, -0.2) is 0 Å². The number of nitrogens with one attached hydrogen (secondary N) is 8. The van der Waals surface area contributed by atoms with Crippen molar-refractivity contribution in [1.82, 2.24) is 42.5 Å². The van der Waals surface area contributed by atoms with Crippen molar-refractivity contribution in [3.05, 3.63) is 0 Å². The molecule has 0 aromatic carbocycles. The summed E-state index contributed by atoms with van der Waals surface area (Å²) in [5.41, 5.74) is 0. The van der Waals surface area contributed by atoms with E-state index in [-0.39, 0.29) is 0 Å². The van der Waals surface area contributed by atoms with E-state index in [1.54, 1.807) is 0 Å². The Morgan fingerprint density at radius 2 is 0.381 bits per heavy atom. The van der Waals surface area contributed by atoms with Crippen molar-refractivity contribution in [1.29, 1.82) is 0 Å². The molecule has 8 nitrogen and oxygen atoms in total. The molecule has 10 heteroatoms. The third-order valence-corrected chi connectivity index (χ3v) is 13.8. The molecule has 8 unspecified atom stereocenters. The molecule has 0 radical (unpaired) electrons. The second-order valence-electron chi connectivity index (χ2n) is 15.6. The van der Waals surface area contributed by atoms with Gasteiger partial charge in [0.1, 0.15) is 0 Å². The zero-order chi connectivity index (χ0) is 28.2. The average Bonchev–Trinajstić information content (AvgIpc) is 3.78. The summed E-state index contributed by atoms with van der Waals surface area (Å²) in [6, 6.07) is 0. The summed E-state index contributed by atoms with van der Waals surface area (Å²) in [6.07, 6.45) is 25.6. The van der Waals surface area contributed by atoms with Crippen molar-refractivity contribution >= 4 is 10.6 Å². The van der Waals surface area contributed by atoms with Crippen molar-refractivity contribution in [2.24, 2.45) is 47.3 Å². The minimum atomic E-state index is 0.420. The molecule has 9 rings (SSSR count). The van der Waals surface area contributed by atoms with Crippen LogP contribution in [0.15, 0.2) is 0 Å². The van der Waals surface area contributed by atoms with E-state index in [1.807, 2.05) is 0 Å². The van der Waals surface area contributed by atoms with Crippen LogP contribution in [0.3, 0.4) is 0 Å². The summed E-state index contributed by atoms with van der Waals surface area (Å²) in [5, 5.41) is 33.8. The summed E-state index contributed by atoms with van der Waals surface area (Å²) >= 11 is 3.77. The molecule has 5 saturated heterocycles. The Kier molecular flexibility index (Phi) is 9.15. The Morgan fingerprint density at radius 3 is 0.500 bits per heavy atom. The molecule has 0 aromatic rings. The van der Waals surface area contributed by atoms with Crippen molar-refractivity contribution in [2.75, 3.05) is 0 Å². The molecule has 4 saturated carbocycles. The molecule has 5 aliphatic heterocycles. The van der Waals surface area contributed by atoms with E-state index >= 15 is 0 Å². The molecule has 0 spiro atoms.